The smallest absolute Gasteiger partial charge is 0.417 e. The maximum absolute atomic E-state index is 12.6. The number of rotatable bonds is 5. The first-order valence-corrected chi connectivity index (χ1v) is 10.5. The van der Waals surface area contributed by atoms with Gasteiger partial charge in [0.1, 0.15) is 12.4 Å². The molecule has 0 aromatic heterocycles. The lowest BCUT2D eigenvalue weighted by molar-refractivity contribution is -0.210. The molecule has 2 heterocycles. The minimum absolute atomic E-state index is 0.0140. The first-order chi connectivity index (χ1) is 13.9. The maximum atomic E-state index is 12.6. The van der Waals surface area contributed by atoms with Crippen LogP contribution in [0, 0.1) is 11.3 Å². The van der Waals surface area contributed by atoms with E-state index in [0.29, 0.717) is 18.4 Å². The van der Waals surface area contributed by atoms with Crippen molar-refractivity contribution in [1.82, 2.24) is 4.90 Å². The van der Waals surface area contributed by atoms with E-state index in [-0.39, 0.29) is 29.7 Å². The molecular weight excluding hydrogens is 399 g/mol. The summed E-state index contributed by atoms with van der Waals surface area (Å²) in [5.74, 6) is 0.363. The summed E-state index contributed by atoms with van der Waals surface area (Å²) in [6, 6.07) is 3.47. The molecule has 0 unspecified atom stereocenters. The molecule has 8 heteroatoms. The number of piperidine rings is 1. The van der Waals surface area contributed by atoms with Crippen molar-refractivity contribution in [2.24, 2.45) is 11.3 Å². The van der Waals surface area contributed by atoms with Crippen LogP contribution < -0.4 is 4.74 Å². The number of aliphatic hydroxyl groups excluding tert-OH is 3. The number of aliphatic hydroxyl groups is 3. The van der Waals surface area contributed by atoms with Gasteiger partial charge in [-0.3, -0.25) is 4.90 Å². The van der Waals surface area contributed by atoms with E-state index in [1.54, 1.807) is 12.1 Å². The normalized spacial score (nSPS) is 26.1. The van der Waals surface area contributed by atoms with Crippen LogP contribution in [0.1, 0.15) is 56.3 Å². The van der Waals surface area contributed by atoms with Crippen LogP contribution in [0.15, 0.2) is 12.1 Å². The first-order valence-electron chi connectivity index (χ1n) is 10.5. The second-order valence-electron chi connectivity index (χ2n) is 9.77. The number of fused-ring (bicyclic) bond motifs is 3. The lowest BCUT2D eigenvalue weighted by Gasteiger charge is -2.47. The topological polar surface area (TPSA) is 73.2 Å². The van der Waals surface area contributed by atoms with Crippen molar-refractivity contribution in [2.45, 2.75) is 71.1 Å². The number of hydrogen-bond donors (Lipinski definition) is 3. The van der Waals surface area contributed by atoms with Gasteiger partial charge in [0.05, 0.1) is 12.7 Å². The van der Waals surface area contributed by atoms with Gasteiger partial charge in [0.25, 0.3) is 0 Å². The zero-order valence-electron chi connectivity index (χ0n) is 17.7. The van der Waals surface area contributed by atoms with Gasteiger partial charge in [0.2, 0.25) is 0 Å². The number of ether oxygens (including phenoxy) is 1. The van der Waals surface area contributed by atoms with Crippen molar-refractivity contribution in [2.75, 3.05) is 19.7 Å². The molecule has 170 valence electrons. The molecule has 0 aliphatic carbocycles. The molecule has 1 saturated heterocycles. The first kappa shape index (κ1) is 23.3. The summed E-state index contributed by atoms with van der Waals surface area (Å²) < 4.78 is 42.9. The van der Waals surface area contributed by atoms with Crippen molar-refractivity contribution in [3.8, 4) is 5.75 Å². The van der Waals surface area contributed by atoms with Gasteiger partial charge in [0.15, 0.2) is 6.10 Å². The quantitative estimate of drug-likeness (QED) is 0.668. The Bertz CT molecular complexity index is 747. The molecule has 0 spiro atoms. The minimum atomic E-state index is -4.75. The molecule has 3 rings (SSSR count). The van der Waals surface area contributed by atoms with Crippen molar-refractivity contribution in [1.29, 1.82) is 0 Å². The summed E-state index contributed by atoms with van der Waals surface area (Å²) in [6.45, 7) is 6.80. The Morgan fingerprint density at radius 2 is 1.93 bits per heavy atom. The molecule has 1 aromatic rings. The maximum Gasteiger partial charge on any atom is 0.417 e. The van der Waals surface area contributed by atoms with Crippen LogP contribution in [0.4, 0.5) is 13.2 Å². The SMILES string of the molecule is CC(C)(C)C[C@@H]1CN2CCc3cc(OC[C@H](O)C(F)(F)F)c(CO)cc3[C@H]2C[C@H]1O. The highest BCUT2D eigenvalue weighted by molar-refractivity contribution is 5.45. The largest absolute Gasteiger partial charge is 0.490 e. The molecule has 1 aromatic carbocycles. The summed E-state index contributed by atoms with van der Waals surface area (Å²) in [5, 5.41) is 29.7. The van der Waals surface area contributed by atoms with Gasteiger partial charge >= 0.3 is 6.18 Å². The molecule has 0 saturated carbocycles. The highest BCUT2D eigenvalue weighted by Crippen LogP contribution is 2.43. The number of benzene rings is 1. The van der Waals surface area contributed by atoms with Crippen LogP contribution in [0.25, 0.3) is 0 Å². The fraction of sp³-hybridized carbons (Fsp3) is 0.727. The van der Waals surface area contributed by atoms with Crippen molar-refractivity contribution in [3.05, 3.63) is 28.8 Å². The number of halogens is 3. The van der Waals surface area contributed by atoms with E-state index in [1.165, 1.54) is 0 Å². The van der Waals surface area contributed by atoms with Gasteiger partial charge in [-0.05, 0) is 53.9 Å². The molecule has 0 bridgehead atoms. The van der Waals surface area contributed by atoms with Crippen LogP contribution in [0.5, 0.6) is 5.75 Å². The predicted molar refractivity (Wildman–Crippen MR) is 106 cm³/mol. The monoisotopic (exact) mass is 431 g/mol. The molecule has 2 aliphatic heterocycles. The van der Waals surface area contributed by atoms with Crippen LogP contribution >= 0.6 is 0 Å². The third-order valence-corrected chi connectivity index (χ3v) is 6.09. The standard InChI is InChI=1S/C22H32F3NO4/c1-21(2,3)9-15-10-26-5-4-13-7-19(30-12-20(29)22(23,24)25)14(11-27)6-16(13)17(26)8-18(15)28/h6-7,15,17-18,20,27-29H,4-5,8-12H2,1-3H3/t15-,17-,18-,20+/m1/s1. The molecule has 2 aliphatic rings. The fourth-order valence-electron chi connectivity index (χ4n) is 4.68. The summed E-state index contributed by atoms with van der Waals surface area (Å²) in [7, 11) is 0. The van der Waals surface area contributed by atoms with E-state index in [2.05, 4.69) is 25.7 Å². The van der Waals surface area contributed by atoms with Gasteiger partial charge in [-0.1, -0.05) is 20.8 Å². The molecule has 0 radical (unpaired) electrons. The molecule has 30 heavy (non-hydrogen) atoms. The Morgan fingerprint density at radius 3 is 2.53 bits per heavy atom. The fourth-order valence-corrected chi connectivity index (χ4v) is 4.68. The minimum Gasteiger partial charge on any atom is -0.490 e. The Balaban J connectivity index is 1.79. The van der Waals surface area contributed by atoms with Crippen LogP contribution in [-0.4, -0.2) is 58.3 Å². The molecule has 3 N–H and O–H groups in total. The van der Waals surface area contributed by atoms with E-state index < -0.39 is 25.0 Å². The zero-order valence-corrected chi connectivity index (χ0v) is 17.7. The van der Waals surface area contributed by atoms with Gasteiger partial charge < -0.3 is 20.1 Å². The molecule has 0 amide bonds. The second-order valence-corrected chi connectivity index (χ2v) is 9.77. The lowest BCUT2D eigenvalue weighted by Crippen LogP contribution is -2.48. The Labute approximate surface area is 175 Å². The predicted octanol–water partition coefficient (Wildman–Crippen LogP) is 3.20. The molecule has 1 fully saturated rings. The van der Waals surface area contributed by atoms with Gasteiger partial charge in [-0.2, -0.15) is 13.2 Å². The van der Waals surface area contributed by atoms with Gasteiger partial charge in [-0.25, -0.2) is 0 Å². The summed E-state index contributed by atoms with van der Waals surface area (Å²) in [6.07, 6.45) is -5.52. The summed E-state index contributed by atoms with van der Waals surface area (Å²) in [4.78, 5) is 2.36. The molecular formula is C22H32F3NO4. The van der Waals surface area contributed by atoms with Crippen LogP contribution in [0.2, 0.25) is 0 Å². The molecule has 4 atom stereocenters. The number of hydrogen-bond acceptors (Lipinski definition) is 5. The Kier molecular flexibility index (Phi) is 6.72. The van der Waals surface area contributed by atoms with Gasteiger partial charge in [0, 0.05) is 24.7 Å². The van der Waals surface area contributed by atoms with E-state index in [4.69, 9.17) is 4.74 Å². The molecule has 5 nitrogen and oxygen atoms in total. The number of nitrogens with zero attached hydrogens (tertiary/aromatic N) is 1. The highest BCUT2D eigenvalue weighted by Gasteiger charge is 2.41. The summed E-state index contributed by atoms with van der Waals surface area (Å²) >= 11 is 0. The van der Waals surface area contributed by atoms with E-state index in [0.717, 1.165) is 30.6 Å². The highest BCUT2D eigenvalue weighted by atomic mass is 19.4. The van der Waals surface area contributed by atoms with Crippen molar-refractivity contribution < 1.29 is 33.2 Å². The van der Waals surface area contributed by atoms with Crippen molar-refractivity contribution in [3.63, 3.8) is 0 Å². The third kappa shape index (κ3) is 5.28. The average Bonchev–Trinajstić information content (AvgIpc) is 2.64. The zero-order chi connectivity index (χ0) is 22.3. The average molecular weight is 431 g/mol. The number of alkyl halides is 3. The summed E-state index contributed by atoms with van der Waals surface area (Å²) in [5.41, 5.74) is 2.45. The van der Waals surface area contributed by atoms with E-state index in [9.17, 15) is 28.5 Å². The van der Waals surface area contributed by atoms with Crippen LogP contribution in [-0.2, 0) is 13.0 Å². The second kappa shape index (κ2) is 8.65. The third-order valence-electron chi connectivity index (χ3n) is 6.09. The van der Waals surface area contributed by atoms with Gasteiger partial charge in [-0.15, -0.1) is 0 Å². The van der Waals surface area contributed by atoms with E-state index >= 15 is 0 Å². The van der Waals surface area contributed by atoms with Crippen LogP contribution in [0.3, 0.4) is 0 Å². The van der Waals surface area contributed by atoms with Crippen molar-refractivity contribution >= 4 is 0 Å². The lowest BCUT2D eigenvalue weighted by atomic mass is 9.75. The Hall–Kier alpha value is -1.35. The van der Waals surface area contributed by atoms with E-state index in [1.807, 2.05) is 0 Å². The Morgan fingerprint density at radius 1 is 1.23 bits per heavy atom.